The van der Waals surface area contributed by atoms with Crippen molar-refractivity contribution < 1.29 is 0 Å². The van der Waals surface area contributed by atoms with Gasteiger partial charge in [0.05, 0.1) is 11.2 Å². The zero-order chi connectivity index (χ0) is 15.4. The molecule has 22 heavy (non-hydrogen) atoms. The van der Waals surface area contributed by atoms with E-state index in [1.165, 1.54) is 18.4 Å². The van der Waals surface area contributed by atoms with Crippen LogP contribution in [0.15, 0.2) is 41.9 Å². The van der Waals surface area contributed by atoms with Crippen molar-refractivity contribution in [1.82, 2.24) is 19.7 Å². The SMILES string of the molecule is CCCCSc1cc(C)c(-c2ccc(-n3ccnc3)s2)nn1. The average molecular weight is 330 g/mol. The third kappa shape index (κ3) is 3.39. The van der Waals surface area contributed by atoms with E-state index in [1.807, 2.05) is 17.1 Å². The smallest absolute Gasteiger partial charge is 0.119 e. The van der Waals surface area contributed by atoms with Gasteiger partial charge in [-0.05, 0) is 42.9 Å². The van der Waals surface area contributed by atoms with Crippen molar-refractivity contribution in [2.75, 3.05) is 5.75 Å². The molecule has 0 saturated heterocycles. The Kier molecular flexibility index (Phi) is 4.90. The molecule has 0 amide bonds. The van der Waals surface area contributed by atoms with Crippen LogP contribution in [0.25, 0.3) is 15.6 Å². The normalized spacial score (nSPS) is 11.0. The zero-order valence-electron chi connectivity index (χ0n) is 12.7. The van der Waals surface area contributed by atoms with E-state index in [-0.39, 0.29) is 0 Å². The molecule has 4 nitrogen and oxygen atoms in total. The molecule has 3 heterocycles. The number of nitrogens with zero attached hydrogens (tertiary/aromatic N) is 4. The van der Waals surface area contributed by atoms with Gasteiger partial charge in [0.25, 0.3) is 0 Å². The van der Waals surface area contributed by atoms with Crippen LogP contribution in [0.5, 0.6) is 0 Å². The second-order valence-corrected chi connectivity index (χ2v) is 7.20. The summed E-state index contributed by atoms with van der Waals surface area (Å²) in [5.41, 5.74) is 2.14. The predicted octanol–water partition coefficient (Wildman–Crippen LogP) is 4.59. The molecule has 0 spiro atoms. The van der Waals surface area contributed by atoms with Crippen molar-refractivity contribution in [3.63, 3.8) is 0 Å². The molecule has 0 atom stereocenters. The van der Waals surface area contributed by atoms with E-state index in [1.54, 1.807) is 29.3 Å². The molecule has 0 bridgehead atoms. The fourth-order valence-electron chi connectivity index (χ4n) is 2.08. The third-order valence-corrected chi connectivity index (χ3v) is 5.39. The van der Waals surface area contributed by atoms with E-state index in [4.69, 9.17) is 0 Å². The van der Waals surface area contributed by atoms with Gasteiger partial charge in [0.15, 0.2) is 0 Å². The van der Waals surface area contributed by atoms with Crippen molar-refractivity contribution in [1.29, 1.82) is 0 Å². The highest BCUT2D eigenvalue weighted by molar-refractivity contribution is 7.99. The van der Waals surface area contributed by atoms with Gasteiger partial charge in [-0.15, -0.1) is 33.3 Å². The summed E-state index contributed by atoms with van der Waals surface area (Å²) in [4.78, 5) is 5.22. The summed E-state index contributed by atoms with van der Waals surface area (Å²) >= 11 is 3.48. The lowest BCUT2D eigenvalue weighted by Crippen LogP contribution is -1.93. The maximum absolute atomic E-state index is 4.44. The highest BCUT2D eigenvalue weighted by Gasteiger charge is 2.10. The zero-order valence-corrected chi connectivity index (χ0v) is 14.3. The molecule has 0 saturated carbocycles. The Bertz CT molecular complexity index is 734. The molecule has 0 aliphatic rings. The molecule has 0 aliphatic carbocycles. The quantitative estimate of drug-likeness (QED) is 0.490. The van der Waals surface area contributed by atoms with Gasteiger partial charge in [-0.1, -0.05) is 13.3 Å². The van der Waals surface area contributed by atoms with Crippen LogP contribution in [0.1, 0.15) is 25.3 Å². The molecule has 3 aromatic rings. The summed E-state index contributed by atoms with van der Waals surface area (Å²) in [6, 6.07) is 6.33. The van der Waals surface area contributed by atoms with Crippen LogP contribution in [0.3, 0.4) is 0 Å². The standard InChI is InChI=1S/C16H18N4S2/c1-3-4-9-21-14-10-12(2)16(19-18-14)13-5-6-15(22-13)20-8-7-17-11-20/h5-8,10-11H,3-4,9H2,1-2H3. The van der Waals surface area contributed by atoms with Crippen molar-refractivity contribution in [3.05, 3.63) is 42.5 Å². The lowest BCUT2D eigenvalue weighted by molar-refractivity contribution is 0.886. The maximum Gasteiger partial charge on any atom is 0.119 e. The number of imidazole rings is 1. The number of thioether (sulfide) groups is 1. The molecule has 0 N–H and O–H groups in total. The second kappa shape index (κ2) is 7.07. The van der Waals surface area contributed by atoms with E-state index in [0.717, 1.165) is 26.4 Å². The molecule has 0 fully saturated rings. The molecule has 0 radical (unpaired) electrons. The van der Waals surface area contributed by atoms with Crippen LogP contribution in [0.2, 0.25) is 0 Å². The van der Waals surface area contributed by atoms with E-state index < -0.39 is 0 Å². The third-order valence-electron chi connectivity index (χ3n) is 3.29. The highest BCUT2D eigenvalue weighted by Crippen LogP contribution is 2.31. The summed E-state index contributed by atoms with van der Waals surface area (Å²) in [6.07, 6.45) is 7.96. The Labute approximate surface area is 138 Å². The van der Waals surface area contributed by atoms with Crippen molar-refractivity contribution in [3.8, 4) is 15.6 Å². The molecular formula is C16H18N4S2. The van der Waals surface area contributed by atoms with Crippen LogP contribution in [-0.2, 0) is 0 Å². The number of aromatic nitrogens is 4. The largest absolute Gasteiger partial charge is 0.298 e. The summed E-state index contributed by atoms with van der Waals surface area (Å²) in [7, 11) is 0. The summed E-state index contributed by atoms with van der Waals surface area (Å²) < 4.78 is 2.01. The minimum atomic E-state index is 0.969. The molecule has 6 heteroatoms. The van der Waals surface area contributed by atoms with Gasteiger partial charge >= 0.3 is 0 Å². The van der Waals surface area contributed by atoms with Crippen LogP contribution in [0.4, 0.5) is 0 Å². The van der Waals surface area contributed by atoms with E-state index in [9.17, 15) is 0 Å². The van der Waals surface area contributed by atoms with Gasteiger partial charge < -0.3 is 0 Å². The summed E-state index contributed by atoms with van der Waals surface area (Å²) in [5.74, 6) is 1.10. The number of aryl methyl sites for hydroxylation is 1. The van der Waals surface area contributed by atoms with Gasteiger partial charge in [0.1, 0.15) is 15.7 Å². The van der Waals surface area contributed by atoms with Gasteiger partial charge in [0.2, 0.25) is 0 Å². The minimum Gasteiger partial charge on any atom is -0.298 e. The van der Waals surface area contributed by atoms with Crippen LogP contribution in [0, 0.1) is 6.92 Å². The first-order valence-electron chi connectivity index (χ1n) is 7.33. The lowest BCUT2D eigenvalue weighted by atomic mass is 10.2. The topological polar surface area (TPSA) is 43.6 Å². The van der Waals surface area contributed by atoms with Gasteiger partial charge in [0, 0.05) is 12.4 Å². The fraction of sp³-hybridized carbons (Fsp3) is 0.312. The number of hydrogen-bond acceptors (Lipinski definition) is 5. The Balaban J connectivity index is 1.80. The van der Waals surface area contributed by atoms with E-state index in [2.05, 4.69) is 47.2 Å². The Morgan fingerprint density at radius 1 is 1.27 bits per heavy atom. The van der Waals surface area contributed by atoms with Crippen LogP contribution < -0.4 is 0 Å². The van der Waals surface area contributed by atoms with E-state index >= 15 is 0 Å². The van der Waals surface area contributed by atoms with Gasteiger partial charge in [-0.3, -0.25) is 4.57 Å². The first kappa shape index (κ1) is 15.2. The average Bonchev–Trinajstić information content (AvgIpc) is 3.19. The van der Waals surface area contributed by atoms with Crippen LogP contribution in [-0.4, -0.2) is 25.5 Å². The molecule has 114 valence electrons. The molecule has 0 aliphatic heterocycles. The first-order chi connectivity index (χ1) is 10.8. The fourth-order valence-corrected chi connectivity index (χ4v) is 4.09. The van der Waals surface area contributed by atoms with Crippen molar-refractivity contribution >= 4 is 23.1 Å². The molecule has 0 aromatic carbocycles. The van der Waals surface area contributed by atoms with Crippen LogP contribution >= 0.6 is 23.1 Å². The number of thiophene rings is 1. The summed E-state index contributed by atoms with van der Waals surface area (Å²) in [5, 5.41) is 10.9. The van der Waals surface area contributed by atoms with E-state index in [0.29, 0.717) is 0 Å². The van der Waals surface area contributed by atoms with Crippen molar-refractivity contribution in [2.45, 2.75) is 31.7 Å². The predicted molar refractivity (Wildman–Crippen MR) is 92.8 cm³/mol. The van der Waals surface area contributed by atoms with Gasteiger partial charge in [-0.2, -0.15) is 0 Å². The Morgan fingerprint density at radius 3 is 2.91 bits per heavy atom. The molecule has 3 aromatic heterocycles. The summed E-state index contributed by atoms with van der Waals surface area (Å²) in [6.45, 7) is 4.31. The second-order valence-electron chi connectivity index (χ2n) is 5.02. The lowest BCUT2D eigenvalue weighted by Gasteiger charge is -2.04. The monoisotopic (exact) mass is 330 g/mol. The highest BCUT2D eigenvalue weighted by atomic mass is 32.2. The minimum absolute atomic E-state index is 0.969. The molecule has 0 unspecified atom stereocenters. The number of hydrogen-bond donors (Lipinski definition) is 0. The Morgan fingerprint density at radius 2 is 2.18 bits per heavy atom. The molecule has 3 rings (SSSR count). The van der Waals surface area contributed by atoms with Gasteiger partial charge in [-0.25, -0.2) is 4.98 Å². The maximum atomic E-state index is 4.44. The Hall–Kier alpha value is -1.66. The molecular weight excluding hydrogens is 312 g/mol. The first-order valence-corrected chi connectivity index (χ1v) is 9.14. The number of rotatable bonds is 6. The number of unbranched alkanes of at least 4 members (excludes halogenated alkanes) is 1. The van der Waals surface area contributed by atoms with Crippen molar-refractivity contribution in [2.24, 2.45) is 0 Å².